The van der Waals surface area contributed by atoms with Crippen molar-refractivity contribution in [3.63, 3.8) is 0 Å². The number of rotatable bonds is 6. The Morgan fingerprint density at radius 2 is 1.71 bits per heavy atom. The second-order valence-electron chi connectivity index (χ2n) is 4.92. The number of hydrazine groups is 1. The summed E-state index contributed by atoms with van der Waals surface area (Å²) in [5, 5.41) is 0.542. The highest BCUT2D eigenvalue weighted by atomic mass is 79.9. The third-order valence-corrected chi connectivity index (χ3v) is 5.79. The SMILES string of the molecule is NNC(=O)CN(Cc1ccc(Cl)cc1)S(=O)(=O)c1ccc(Br)cc1. The van der Waals surface area contributed by atoms with Gasteiger partial charge in [-0.05, 0) is 42.0 Å². The first kappa shape index (κ1) is 18.9. The van der Waals surface area contributed by atoms with Crippen LogP contribution in [-0.4, -0.2) is 25.2 Å². The lowest BCUT2D eigenvalue weighted by Crippen LogP contribution is -2.42. The van der Waals surface area contributed by atoms with Gasteiger partial charge in [0.05, 0.1) is 11.4 Å². The number of nitrogens with one attached hydrogen (secondary N) is 1. The van der Waals surface area contributed by atoms with Crippen LogP contribution in [0.1, 0.15) is 5.56 Å². The largest absolute Gasteiger partial charge is 0.293 e. The van der Waals surface area contributed by atoms with Crippen molar-refractivity contribution >= 4 is 43.5 Å². The van der Waals surface area contributed by atoms with E-state index in [0.29, 0.717) is 10.6 Å². The van der Waals surface area contributed by atoms with Gasteiger partial charge in [0.25, 0.3) is 0 Å². The zero-order chi connectivity index (χ0) is 17.7. The standard InChI is InChI=1S/C15H15BrClN3O3S/c16-12-3-7-14(8-4-12)24(22,23)20(10-15(21)19-18)9-11-1-5-13(17)6-2-11/h1-8H,9-10,18H2,(H,19,21). The van der Waals surface area contributed by atoms with Crippen molar-refractivity contribution < 1.29 is 13.2 Å². The van der Waals surface area contributed by atoms with Crippen LogP contribution in [0.15, 0.2) is 57.9 Å². The van der Waals surface area contributed by atoms with Crippen LogP contribution in [0.25, 0.3) is 0 Å². The molecule has 0 aliphatic heterocycles. The van der Waals surface area contributed by atoms with Crippen molar-refractivity contribution in [1.29, 1.82) is 0 Å². The minimum atomic E-state index is -3.87. The Morgan fingerprint density at radius 3 is 2.25 bits per heavy atom. The fourth-order valence-corrected chi connectivity index (χ4v) is 3.76. The molecule has 3 N–H and O–H groups in total. The summed E-state index contributed by atoms with van der Waals surface area (Å²) < 4.78 is 27.5. The molecule has 128 valence electrons. The fraction of sp³-hybridized carbons (Fsp3) is 0.133. The Bertz CT molecular complexity index is 811. The molecule has 0 aliphatic rings. The van der Waals surface area contributed by atoms with Crippen LogP contribution in [0.3, 0.4) is 0 Å². The zero-order valence-electron chi connectivity index (χ0n) is 12.4. The van der Waals surface area contributed by atoms with E-state index in [1.165, 1.54) is 12.1 Å². The second-order valence-corrected chi connectivity index (χ2v) is 8.21. The molecule has 0 aliphatic carbocycles. The molecule has 1 amide bonds. The minimum absolute atomic E-state index is 0.0169. The lowest BCUT2D eigenvalue weighted by Gasteiger charge is -2.21. The molecule has 2 rings (SSSR count). The van der Waals surface area contributed by atoms with E-state index in [1.54, 1.807) is 36.4 Å². The summed E-state index contributed by atoms with van der Waals surface area (Å²) in [4.78, 5) is 11.7. The topological polar surface area (TPSA) is 92.5 Å². The van der Waals surface area contributed by atoms with Crippen LogP contribution in [0.4, 0.5) is 0 Å². The van der Waals surface area contributed by atoms with Crippen LogP contribution in [0.5, 0.6) is 0 Å². The first-order valence-corrected chi connectivity index (χ1v) is 9.43. The molecule has 0 unspecified atom stereocenters. The van der Waals surface area contributed by atoms with Gasteiger partial charge in [-0.3, -0.25) is 10.2 Å². The van der Waals surface area contributed by atoms with Gasteiger partial charge < -0.3 is 0 Å². The molecule has 2 aromatic rings. The first-order chi connectivity index (χ1) is 11.3. The Kier molecular flexibility index (Phi) is 6.36. The molecule has 0 heterocycles. The Labute approximate surface area is 153 Å². The monoisotopic (exact) mass is 431 g/mol. The molecule has 9 heteroatoms. The number of nitrogens with two attached hydrogens (primary N) is 1. The Hall–Kier alpha value is -1.45. The third-order valence-electron chi connectivity index (χ3n) is 3.20. The summed E-state index contributed by atoms with van der Waals surface area (Å²) in [6.07, 6.45) is 0. The van der Waals surface area contributed by atoms with Gasteiger partial charge in [-0.1, -0.05) is 39.7 Å². The van der Waals surface area contributed by atoms with Crippen LogP contribution in [0.2, 0.25) is 5.02 Å². The maximum atomic E-state index is 12.8. The van der Waals surface area contributed by atoms with Gasteiger partial charge in [-0.15, -0.1) is 0 Å². The van der Waals surface area contributed by atoms with Gasteiger partial charge in [0.15, 0.2) is 0 Å². The van der Waals surface area contributed by atoms with Gasteiger partial charge in [0.1, 0.15) is 0 Å². The summed E-state index contributed by atoms with van der Waals surface area (Å²) >= 11 is 9.10. The van der Waals surface area contributed by atoms with Gasteiger partial charge in [-0.25, -0.2) is 14.3 Å². The number of benzene rings is 2. The molecule has 0 spiro atoms. The molecule has 0 radical (unpaired) electrons. The average molecular weight is 433 g/mol. The second kappa shape index (κ2) is 8.09. The van der Waals surface area contributed by atoms with E-state index >= 15 is 0 Å². The Balaban J connectivity index is 2.35. The van der Waals surface area contributed by atoms with Gasteiger partial charge in [0.2, 0.25) is 15.9 Å². The van der Waals surface area contributed by atoms with E-state index in [0.717, 1.165) is 8.78 Å². The highest BCUT2D eigenvalue weighted by Crippen LogP contribution is 2.21. The van der Waals surface area contributed by atoms with Gasteiger partial charge in [0, 0.05) is 16.0 Å². The fourth-order valence-electron chi connectivity index (χ4n) is 1.98. The number of hydrogen-bond donors (Lipinski definition) is 2. The maximum Gasteiger partial charge on any atom is 0.249 e. The molecule has 24 heavy (non-hydrogen) atoms. The normalized spacial score (nSPS) is 11.5. The predicted octanol–water partition coefficient (Wildman–Crippen LogP) is 2.28. The quantitative estimate of drug-likeness (QED) is 0.416. The van der Waals surface area contributed by atoms with Crippen LogP contribution in [0, 0.1) is 0 Å². The number of sulfonamides is 1. The predicted molar refractivity (Wildman–Crippen MR) is 95.5 cm³/mol. The van der Waals surface area contributed by atoms with Gasteiger partial charge in [-0.2, -0.15) is 4.31 Å². The van der Waals surface area contributed by atoms with Gasteiger partial charge >= 0.3 is 0 Å². The van der Waals surface area contributed by atoms with Crippen molar-refractivity contribution in [1.82, 2.24) is 9.73 Å². The number of halogens is 2. The highest BCUT2D eigenvalue weighted by molar-refractivity contribution is 9.10. The lowest BCUT2D eigenvalue weighted by atomic mass is 10.2. The van der Waals surface area contributed by atoms with Crippen molar-refractivity contribution in [3.8, 4) is 0 Å². The lowest BCUT2D eigenvalue weighted by molar-refractivity contribution is -0.121. The van der Waals surface area contributed by atoms with Crippen LogP contribution >= 0.6 is 27.5 Å². The summed E-state index contributed by atoms with van der Waals surface area (Å²) in [6.45, 7) is -0.374. The van der Waals surface area contributed by atoms with Crippen molar-refractivity contribution in [2.75, 3.05) is 6.54 Å². The zero-order valence-corrected chi connectivity index (χ0v) is 15.6. The van der Waals surface area contributed by atoms with E-state index < -0.39 is 22.5 Å². The summed E-state index contributed by atoms with van der Waals surface area (Å²) in [5.41, 5.74) is 2.65. The minimum Gasteiger partial charge on any atom is -0.293 e. The molecular weight excluding hydrogens is 418 g/mol. The number of amides is 1. The van der Waals surface area contributed by atoms with E-state index in [9.17, 15) is 13.2 Å². The number of carbonyl (C=O) groups is 1. The van der Waals surface area contributed by atoms with E-state index in [1.807, 2.05) is 5.43 Å². The molecule has 6 nitrogen and oxygen atoms in total. The first-order valence-electron chi connectivity index (χ1n) is 6.82. The maximum absolute atomic E-state index is 12.8. The van der Waals surface area contributed by atoms with Crippen molar-refractivity contribution in [3.05, 3.63) is 63.6 Å². The van der Waals surface area contributed by atoms with E-state index in [4.69, 9.17) is 17.4 Å². The van der Waals surface area contributed by atoms with E-state index in [2.05, 4.69) is 15.9 Å². The molecule has 0 saturated carbocycles. The van der Waals surface area contributed by atoms with E-state index in [-0.39, 0.29) is 11.4 Å². The highest BCUT2D eigenvalue weighted by Gasteiger charge is 2.26. The molecule has 0 saturated heterocycles. The molecule has 0 bridgehead atoms. The summed E-state index contributed by atoms with van der Waals surface area (Å²) in [5.74, 6) is 4.48. The molecule has 0 atom stereocenters. The van der Waals surface area contributed by atoms with Crippen LogP contribution < -0.4 is 11.3 Å². The number of carbonyl (C=O) groups excluding carboxylic acids is 1. The number of nitrogens with zero attached hydrogens (tertiary/aromatic N) is 1. The van der Waals surface area contributed by atoms with Crippen molar-refractivity contribution in [2.24, 2.45) is 5.84 Å². The van der Waals surface area contributed by atoms with Crippen LogP contribution in [-0.2, 0) is 21.4 Å². The number of hydrogen-bond acceptors (Lipinski definition) is 4. The summed E-state index contributed by atoms with van der Waals surface area (Å²) in [6, 6.07) is 12.9. The Morgan fingerprint density at radius 1 is 1.12 bits per heavy atom. The molecule has 2 aromatic carbocycles. The molecule has 0 aromatic heterocycles. The summed E-state index contributed by atoms with van der Waals surface area (Å²) in [7, 11) is -3.87. The average Bonchev–Trinajstić information content (AvgIpc) is 2.56. The van der Waals surface area contributed by atoms with Crippen molar-refractivity contribution in [2.45, 2.75) is 11.4 Å². The third kappa shape index (κ3) is 4.78. The smallest absolute Gasteiger partial charge is 0.249 e. The molecule has 0 fully saturated rings. The molecular formula is C15H15BrClN3O3S.